The summed E-state index contributed by atoms with van der Waals surface area (Å²) in [4.78, 5) is 10.2. The number of fused-ring (bicyclic) bond motifs is 1. The molecule has 1 aromatic rings. The fourth-order valence-electron chi connectivity index (χ4n) is 1.39. The number of allylic oxidation sites excluding steroid dienone is 2. The summed E-state index contributed by atoms with van der Waals surface area (Å²) in [6, 6.07) is 8.22. The van der Waals surface area contributed by atoms with Crippen molar-refractivity contribution in [2.45, 2.75) is 20.3 Å². The number of esters is 1. The van der Waals surface area contributed by atoms with Crippen molar-refractivity contribution in [1.82, 2.24) is 0 Å². The van der Waals surface area contributed by atoms with Crippen LogP contribution in [-0.4, -0.2) is 12.6 Å². The van der Waals surface area contributed by atoms with Crippen molar-refractivity contribution in [1.29, 1.82) is 0 Å². The normalized spacial score (nSPS) is 11.4. The van der Waals surface area contributed by atoms with E-state index in [9.17, 15) is 4.79 Å². The number of nitrogens with one attached hydrogen (secondary N) is 1. The molecule has 18 heavy (non-hydrogen) atoms. The first-order chi connectivity index (χ1) is 8.77. The number of ether oxygens (including phenoxy) is 1. The summed E-state index contributed by atoms with van der Waals surface area (Å²) in [5.41, 5.74) is 2.40. The summed E-state index contributed by atoms with van der Waals surface area (Å²) in [5.74, 6) is -0.123. The molecule has 0 fully saturated rings. The number of hydrogen-bond donors (Lipinski definition) is 1. The van der Waals surface area contributed by atoms with Gasteiger partial charge in [0.15, 0.2) is 0 Å². The molecule has 0 aromatic heterocycles. The molecule has 0 spiro atoms. The van der Waals surface area contributed by atoms with Crippen molar-refractivity contribution in [2.24, 2.45) is 0 Å². The summed E-state index contributed by atoms with van der Waals surface area (Å²) in [6.07, 6.45) is 8.51. The first kappa shape index (κ1) is 14.0. The van der Waals surface area contributed by atoms with Crippen LogP contribution >= 0.6 is 0 Å². The van der Waals surface area contributed by atoms with E-state index in [-0.39, 0.29) is 5.97 Å². The minimum absolute atomic E-state index is 0.123. The van der Waals surface area contributed by atoms with Crippen LogP contribution in [-0.2, 0) is 9.53 Å². The minimum Gasteiger partial charge on any atom is -0.466 e. The number of para-hydroxylation sites is 1. The van der Waals surface area contributed by atoms with E-state index in [1.807, 2.05) is 30.5 Å². The average molecular weight is 245 g/mol. The van der Waals surface area contributed by atoms with Gasteiger partial charge in [-0.2, -0.15) is 0 Å². The van der Waals surface area contributed by atoms with Gasteiger partial charge in [0, 0.05) is 18.3 Å². The fourth-order valence-corrected chi connectivity index (χ4v) is 1.39. The Morgan fingerprint density at radius 3 is 2.67 bits per heavy atom. The molecule has 0 saturated heterocycles. The van der Waals surface area contributed by atoms with Crippen LogP contribution in [0.1, 0.15) is 25.8 Å². The Kier molecular flexibility index (Phi) is 6.33. The predicted molar refractivity (Wildman–Crippen MR) is 75.2 cm³/mol. The van der Waals surface area contributed by atoms with Gasteiger partial charge >= 0.3 is 5.97 Å². The van der Waals surface area contributed by atoms with Crippen LogP contribution in [0.2, 0.25) is 0 Å². The molecule has 3 nitrogen and oxygen atoms in total. The van der Waals surface area contributed by atoms with Gasteiger partial charge in [0.1, 0.15) is 0 Å². The van der Waals surface area contributed by atoms with Crippen molar-refractivity contribution >= 4 is 17.7 Å². The zero-order valence-electron chi connectivity index (χ0n) is 10.8. The fraction of sp³-hybridized carbons (Fsp3) is 0.267. The molecular formula is C15H19NO2. The molecule has 0 amide bonds. The monoisotopic (exact) mass is 245 g/mol. The lowest BCUT2D eigenvalue weighted by atomic mass is 10.2. The Balaban J connectivity index is 0.000000203. The molecule has 3 heteroatoms. The summed E-state index contributed by atoms with van der Waals surface area (Å²) < 4.78 is 4.55. The van der Waals surface area contributed by atoms with E-state index in [0.29, 0.717) is 13.0 Å². The van der Waals surface area contributed by atoms with Crippen molar-refractivity contribution in [2.75, 3.05) is 11.9 Å². The van der Waals surface area contributed by atoms with Crippen molar-refractivity contribution in [3.8, 4) is 0 Å². The van der Waals surface area contributed by atoms with Gasteiger partial charge in [0.05, 0.1) is 6.61 Å². The molecule has 0 bridgehead atoms. The third-order valence-corrected chi connectivity index (χ3v) is 2.28. The molecule has 1 aromatic carbocycles. The minimum atomic E-state index is -0.123. The van der Waals surface area contributed by atoms with Crippen LogP contribution in [0.15, 0.2) is 42.6 Å². The summed E-state index contributed by atoms with van der Waals surface area (Å²) >= 11 is 0. The topological polar surface area (TPSA) is 38.3 Å². The Labute approximate surface area is 108 Å². The quantitative estimate of drug-likeness (QED) is 0.809. The lowest BCUT2D eigenvalue weighted by Gasteiger charge is -2.01. The average Bonchev–Trinajstić information content (AvgIpc) is 2.65. The predicted octanol–water partition coefficient (Wildman–Crippen LogP) is 3.60. The van der Waals surface area contributed by atoms with Crippen LogP contribution in [0, 0.1) is 0 Å². The van der Waals surface area contributed by atoms with Crippen LogP contribution < -0.4 is 5.32 Å². The van der Waals surface area contributed by atoms with E-state index in [1.54, 1.807) is 13.8 Å². The van der Waals surface area contributed by atoms with Crippen LogP contribution in [0.3, 0.4) is 0 Å². The highest BCUT2D eigenvalue weighted by molar-refractivity contribution is 5.69. The van der Waals surface area contributed by atoms with Gasteiger partial charge in [-0.25, -0.2) is 0 Å². The second-order valence-corrected chi connectivity index (χ2v) is 3.61. The standard InChI is InChI=1S/C10H9N.C5H10O2/c1-2-7-10-9(5-1)6-3-4-8-11-10;1-3-5(6)7-4-2/h1-8,11H;3-4H2,1-2H3. The highest BCUT2D eigenvalue weighted by Crippen LogP contribution is 2.18. The molecule has 0 atom stereocenters. The molecule has 1 N–H and O–H groups in total. The molecule has 1 heterocycles. The maximum Gasteiger partial charge on any atom is 0.305 e. The Hall–Kier alpha value is -2.03. The van der Waals surface area contributed by atoms with Gasteiger partial charge in [-0.15, -0.1) is 0 Å². The van der Waals surface area contributed by atoms with E-state index in [0.717, 1.165) is 5.69 Å². The molecule has 0 saturated carbocycles. The summed E-state index contributed by atoms with van der Waals surface area (Å²) in [6.45, 7) is 4.07. The van der Waals surface area contributed by atoms with Gasteiger partial charge in [-0.05, 0) is 24.6 Å². The zero-order chi connectivity index (χ0) is 13.2. The first-order valence-corrected chi connectivity index (χ1v) is 6.12. The maximum atomic E-state index is 10.2. The van der Waals surface area contributed by atoms with Crippen LogP contribution in [0.5, 0.6) is 0 Å². The molecule has 0 radical (unpaired) electrons. The van der Waals surface area contributed by atoms with Crippen LogP contribution in [0.4, 0.5) is 5.69 Å². The number of carbonyl (C=O) groups is 1. The van der Waals surface area contributed by atoms with E-state index >= 15 is 0 Å². The van der Waals surface area contributed by atoms with Crippen molar-refractivity contribution in [3.63, 3.8) is 0 Å². The second kappa shape index (κ2) is 8.12. The third-order valence-electron chi connectivity index (χ3n) is 2.28. The summed E-state index contributed by atoms with van der Waals surface area (Å²) in [7, 11) is 0. The van der Waals surface area contributed by atoms with Crippen molar-refractivity contribution in [3.05, 3.63) is 48.2 Å². The first-order valence-electron chi connectivity index (χ1n) is 6.12. The third kappa shape index (κ3) is 4.87. The number of rotatable bonds is 2. The smallest absolute Gasteiger partial charge is 0.305 e. The molecule has 0 aliphatic carbocycles. The SMILES string of the molecule is C1=CNc2ccccc2C=C1.CCOC(=O)CC. The summed E-state index contributed by atoms with van der Waals surface area (Å²) in [5, 5.41) is 3.18. The maximum absolute atomic E-state index is 10.2. The van der Waals surface area contributed by atoms with E-state index in [1.165, 1.54) is 5.56 Å². The molecule has 96 valence electrons. The number of anilines is 1. The number of hydrogen-bond acceptors (Lipinski definition) is 3. The lowest BCUT2D eigenvalue weighted by molar-refractivity contribution is -0.142. The molecular weight excluding hydrogens is 226 g/mol. The zero-order valence-corrected chi connectivity index (χ0v) is 10.8. The van der Waals surface area contributed by atoms with E-state index in [4.69, 9.17) is 0 Å². The van der Waals surface area contributed by atoms with Gasteiger partial charge in [0.25, 0.3) is 0 Å². The highest BCUT2D eigenvalue weighted by Gasteiger charge is 1.95. The number of benzene rings is 1. The van der Waals surface area contributed by atoms with Gasteiger partial charge in [-0.3, -0.25) is 4.79 Å². The molecule has 1 aliphatic heterocycles. The second-order valence-electron chi connectivity index (χ2n) is 3.61. The molecule has 0 unspecified atom stereocenters. The largest absolute Gasteiger partial charge is 0.466 e. The van der Waals surface area contributed by atoms with Crippen molar-refractivity contribution < 1.29 is 9.53 Å². The Morgan fingerprint density at radius 1 is 1.22 bits per heavy atom. The van der Waals surface area contributed by atoms with Gasteiger partial charge < -0.3 is 10.1 Å². The van der Waals surface area contributed by atoms with Gasteiger partial charge in [0.2, 0.25) is 0 Å². The Bertz CT molecular complexity index is 436. The highest BCUT2D eigenvalue weighted by atomic mass is 16.5. The van der Waals surface area contributed by atoms with Gasteiger partial charge in [-0.1, -0.05) is 37.3 Å². The van der Waals surface area contributed by atoms with E-state index in [2.05, 4.69) is 28.3 Å². The Morgan fingerprint density at radius 2 is 2.00 bits per heavy atom. The molecule has 1 aliphatic rings. The van der Waals surface area contributed by atoms with Crippen LogP contribution in [0.25, 0.3) is 6.08 Å². The number of carbonyl (C=O) groups excluding carboxylic acids is 1. The lowest BCUT2D eigenvalue weighted by Crippen LogP contribution is -2.00. The molecule has 2 rings (SSSR count). The van der Waals surface area contributed by atoms with E-state index < -0.39 is 0 Å².